The molecule has 1 aromatic carbocycles. The molecule has 1 aromatic heterocycles. The van der Waals surface area contributed by atoms with Crippen LogP contribution in [-0.2, 0) is 14.8 Å². The first-order chi connectivity index (χ1) is 14.1. The number of carbonyl (C=O) groups excluding carboxylic acids is 1. The summed E-state index contributed by atoms with van der Waals surface area (Å²) in [5.74, 6) is 1.68. The second-order valence-electron chi connectivity index (χ2n) is 6.88. The zero-order valence-corrected chi connectivity index (χ0v) is 20.4. The van der Waals surface area contributed by atoms with E-state index in [0.717, 1.165) is 16.3 Å². The molecular weight excluding hydrogens is 468 g/mol. The van der Waals surface area contributed by atoms with Gasteiger partial charge in [-0.15, -0.1) is 10.2 Å². The Morgan fingerprint density at radius 1 is 1.37 bits per heavy atom. The standard InChI is InChI=1S/C18H25ClN4O4S3/c1-12(2)11-28-18-22-21-17(29-18)20-16(24)6-5-9-23(30(4,25)26)13-7-8-15(27-3)14(19)10-13/h7-8,10,12H,5-6,9,11H2,1-4H3,(H,20,21,24). The average Bonchev–Trinajstić information content (AvgIpc) is 3.09. The Morgan fingerprint density at radius 2 is 2.10 bits per heavy atom. The highest BCUT2D eigenvalue weighted by molar-refractivity contribution is 8.01. The zero-order valence-electron chi connectivity index (χ0n) is 17.2. The van der Waals surface area contributed by atoms with Crippen LogP contribution in [0.1, 0.15) is 26.7 Å². The molecule has 2 aromatic rings. The Morgan fingerprint density at radius 3 is 2.70 bits per heavy atom. The lowest BCUT2D eigenvalue weighted by atomic mass is 10.2. The number of benzene rings is 1. The molecule has 8 nitrogen and oxygen atoms in total. The van der Waals surface area contributed by atoms with Crippen LogP contribution >= 0.6 is 34.7 Å². The summed E-state index contributed by atoms with van der Waals surface area (Å²) in [4.78, 5) is 12.2. The summed E-state index contributed by atoms with van der Waals surface area (Å²) >= 11 is 9.04. The van der Waals surface area contributed by atoms with E-state index >= 15 is 0 Å². The molecule has 0 aliphatic carbocycles. The Kier molecular flexibility index (Phi) is 9.20. The minimum Gasteiger partial charge on any atom is -0.495 e. The second-order valence-corrected chi connectivity index (χ2v) is 11.4. The highest BCUT2D eigenvalue weighted by atomic mass is 35.5. The number of nitrogens with zero attached hydrogens (tertiary/aromatic N) is 3. The van der Waals surface area contributed by atoms with Gasteiger partial charge in [0.25, 0.3) is 0 Å². The van der Waals surface area contributed by atoms with Crippen molar-refractivity contribution in [1.29, 1.82) is 0 Å². The van der Waals surface area contributed by atoms with Gasteiger partial charge in [0.15, 0.2) is 4.34 Å². The van der Waals surface area contributed by atoms with Crippen molar-refractivity contribution >= 4 is 61.4 Å². The molecule has 0 aliphatic heterocycles. The van der Waals surface area contributed by atoms with E-state index in [-0.39, 0.29) is 18.9 Å². The number of rotatable bonds is 11. The van der Waals surface area contributed by atoms with Crippen LogP contribution in [0.5, 0.6) is 5.75 Å². The van der Waals surface area contributed by atoms with Gasteiger partial charge in [0.1, 0.15) is 5.75 Å². The molecule has 166 valence electrons. The Labute approximate surface area is 190 Å². The largest absolute Gasteiger partial charge is 0.495 e. The number of hydrogen-bond acceptors (Lipinski definition) is 8. The third-order valence-corrected chi connectivity index (χ3v) is 7.67. The molecule has 0 spiro atoms. The maximum atomic E-state index is 12.2. The summed E-state index contributed by atoms with van der Waals surface area (Å²) in [6.45, 7) is 4.38. The zero-order chi connectivity index (χ0) is 22.3. The Hall–Kier alpha value is -1.56. The van der Waals surface area contributed by atoms with E-state index < -0.39 is 10.0 Å². The molecule has 2 rings (SSSR count). The molecule has 0 bridgehead atoms. The first-order valence-electron chi connectivity index (χ1n) is 9.17. The summed E-state index contributed by atoms with van der Waals surface area (Å²) < 4.78 is 31.5. The predicted molar refractivity (Wildman–Crippen MR) is 124 cm³/mol. The SMILES string of the molecule is COc1ccc(N(CCCC(=O)Nc2nnc(SCC(C)C)s2)S(C)(=O)=O)cc1Cl. The molecule has 1 heterocycles. The topological polar surface area (TPSA) is 101 Å². The number of methoxy groups -OCH3 is 1. The van der Waals surface area contributed by atoms with Crippen molar-refractivity contribution in [3.05, 3.63) is 23.2 Å². The van der Waals surface area contributed by atoms with Crippen molar-refractivity contribution < 1.29 is 17.9 Å². The third kappa shape index (κ3) is 7.60. The summed E-state index contributed by atoms with van der Waals surface area (Å²) in [6, 6.07) is 4.75. The molecule has 30 heavy (non-hydrogen) atoms. The van der Waals surface area contributed by atoms with Crippen LogP contribution in [0.4, 0.5) is 10.8 Å². The first kappa shape index (κ1) is 24.7. The third-order valence-electron chi connectivity index (χ3n) is 3.78. The quantitative estimate of drug-likeness (QED) is 0.371. The number of sulfonamides is 1. The molecule has 0 radical (unpaired) electrons. The lowest BCUT2D eigenvalue weighted by Gasteiger charge is -2.23. The predicted octanol–water partition coefficient (Wildman–Crippen LogP) is 4.13. The van der Waals surface area contributed by atoms with Gasteiger partial charge in [0, 0.05) is 18.7 Å². The summed E-state index contributed by atoms with van der Waals surface area (Å²) in [5, 5.41) is 11.5. The minimum atomic E-state index is -3.54. The summed E-state index contributed by atoms with van der Waals surface area (Å²) in [6.07, 6.45) is 1.59. The summed E-state index contributed by atoms with van der Waals surface area (Å²) in [7, 11) is -2.06. The van der Waals surface area contributed by atoms with E-state index in [4.69, 9.17) is 16.3 Å². The van der Waals surface area contributed by atoms with Gasteiger partial charge in [0.2, 0.25) is 21.1 Å². The molecule has 1 amide bonds. The molecular formula is C18H25ClN4O4S3. The first-order valence-corrected chi connectivity index (χ1v) is 13.2. The maximum Gasteiger partial charge on any atom is 0.232 e. The van der Waals surface area contributed by atoms with Crippen LogP contribution in [0, 0.1) is 5.92 Å². The molecule has 0 saturated carbocycles. The number of thioether (sulfide) groups is 1. The smallest absolute Gasteiger partial charge is 0.232 e. The molecule has 0 fully saturated rings. The van der Waals surface area contributed by atoms with Gasteiger partial charge in [-0.2, -0.15) is 0 Å². The molecule has 0 saturated heterocycles. The van der Waals surface area contributed by atoms with Gasteiger partial charge >= 0.3 is 0 Å². The lowest BCUT2D eigenvalue weighted by molar-refractivity contribution is -0.116. The Bertz CT molecular complexity index is 966. The van der Waals surface area contributed by atoms with Gasteiger partial charge in [-0.1, -0.05) is 48.5 Å². The van der Waals surface area contributed by atoms with E-state index in [1.54, 1.807) is 23.9 Å². The minimum absolute atomic E-state index is 0.139. The fraction of sp³-hybridized carbons (Fsp3) is 0.500. The van der Waals surface area contributed by atoms with Crippen LogP contribution in [-0.4, -0.2) is 50.2 Å². The van der Waals surface area contributed by atoms with Crippen molar-refractivity contribution in [3.8, 4) is 5.75 Å². The van der Waals surface area contributed by atoms with Gasteiger partial charge in [-0.3, -0.25) is 9.10 Å². The van der Waals surface area contributed by atoms with Gasteiger partial charge in [0.05, 0.1) is 24.1 Å². The van der Waals surface area contributed by atoms with E-state index in [1.807, 2.05) is 0 Å². The van der Waals surface area contributed by atoms with Gasteiger partial charge in [-0.05, 0) is 30.5 Å². The average molecular weight is 493 g/mol. The number of hydrogen-bond donors (Lipinski definition) is 1. The molecule has 12 heteroatoms. The van der Waals surface area contributed by atoms with E-state index in [0.29, 0.717) is 33.9 Å². The fourth-order valence-electron chi connectivity index (χ4n) is 2.42. The number of halogens is 1. The van der Waals surface area contributed by atoms with Crippen molar-refractivity contribution in [3.63, 3.8) is 0 Å². The van der Waals surface area contributed by atoms with Crippen molar-refractivity contribution in [2.45, 2.75) is 31.0 Å². The fourth-order valence-corrected chi connectivity index (χ4v) is 5.37. The van der Waals surface area contributed by atoms with Crippen LogP contribution in [0.2, 0.25) is 5.02 Å². The Balaban J connectivity index is 1.92. The number of nitrogens with one attached hydrogen (secondary N) is 1. The van der Waals surface area contributed by atoms with Crippen molar-refractivity contribution in [2.75, 3.05) is 35.3 Å². The van der Waals surface area contributed by atoms with Gasteiger partial charge in [-0.25, -0.2) is 8.42 Å². The van der Waals surface area contributed by atoms with Crippen molar-refractivity contribution in [2.24, 2.45) is 5.92 Å². The molecule has 0 aliphatic rings. The number of aromatic nitrogens is 2. The van der Waals surface area contributed by atoms with Gasteiger partial charge < -0.3 is 10.1 Å². The van der Waals surface area contributed by atoms with E-state index in [1.165, 1.54) is 28.8 Å². The molecule has 0 atom stereocenters. The number of carbonyl (C=O) groups is 1. The van der Waals surface area contributed by atoms with Crippen molar-refractivity contribution in [1.82, 2.24) is 10.2 Å². The number of ether oxygens (including phenoxy) is 1. The number of anilines is 2. The van der Waals surface area contributed by atoms with Crippen LogP contribution in [0.15, 0.2) is 22.5 Å². The molecule has 1 N–H and O–H groups in total. The highest BCUT2D eigenvalue weighted by Gasteiger charge is 2.19. The summed E-state index contributed by atoms with van der Waals surface area (Å²) in [5.41, 5.74) is 0.416. The molecule has 0 unspecified atom stereocenters. The van der Waals surface area contributed by atoms with E-state index in [2.05, 4.69) is 29.4 Å². The second kappa shape index (κ2) is 11.2. The van der Waals surface area contributed by atoms with Crippen LogP contribution < -0.4 is 14.4 Å². The highest BCUT2D eigenvalue weighted by Crippen LogP contribution is 2.30. The van der Waals surface area contributed by atoms with E-state index in [9.17, 15) is 13.2 Å². The maximum absolute atomic E-state index is 12.2. The normalized spacial score (nSPS) is 11.5. The lowest BCUT2D eigenvalue weighted by Crippen LogP contribution is -2.31. The van der Waals surface area contributed by atoms with Crippen LogP contribution in [0.25, 0.3) is 0 Å². The monoisotopic (exact) mass is 492 g/mol. The number of amides is 1. The van der Waals surface area contributed by atoms with Crippen LogP contribution in [0.3, 0.4) is 0 Å².